The maximum absolute atomic E-state index is 8.55. The Kier molecular flexibility index (Phi) is 3.46. The number of rotatable bonds is 3. The van der Waals surface area contributed by atoms with Crippen LogP contribution >= 0.6 is 0 Å². The van der Waals surface area contributed by atoms with Crippen molar-refractivity contribution in [1.29, 1.82) is 5.26 Å². The first-order chi connectivity index (χ1) is 8.31. The third-order valence-electron chi connectivity index (χ3n) is 2.59. The summed E-state index contributed by atoms with van der Waals surface area (Å²) in [7, 11) is 0. The number of aromatic nitrogens is 2. The van der Waals surface area contributed by atoms with Crippen LogP contribution in [0.5, 0.6) is 0 Å². The van der Waals surface area contributed by atoms with E-state index < -0.39 is 0 Å². The number of hydrogen-bond acceptors (Lipinski definition) is 3. The Hall–Kier alpha value is -2.21. The van der Waals surface area contributed by atoms with Crippen LogP contribution in [0.1, 0.15) is 17.8 Å². The molecule has 0 radical (unpaired) electrons. The SMILES string of the molecule is Cc1ccccc1-c1ccnc(CCC#N)n1. The summed E-state index contributed by atoms with van der Waals surface area (Å²) in [5.41, 5.74) is 3.23. The van der Waals surface area contributed by atoms with E-state index in [0.717, 1.165) is 17.1 Å². The van der Waals surface area contributed by atoms with Crippen LogP contribution in [0.15, 0.2) is 36.5 Å². The molecule has 0 N–H and O–H groups in total. The van der Waals surface area contributed by atoms with Crippen LogP contribution in [-0.2, 0) is 6.42 Å². The summed E-state index contributed by atoms with van der Waals surface area (Å²) in [5.74, 6) is 0.729. The molecule has 0 aliphatic carbocycles. The lowest BCUT2D eigenvalue weighted by molar-refractivity contribution is 0.887. The van der Waals surface area contributed by atoms with Crippen molar-refractivity contribution in [2.45, 2.75) is 19.8 Å². The summed E-state index contributed by atoms with van der Waals surface area (Å²) in [6, 6.07) is 12.1. The van der Waals surface area contributed by atoms with E-state index in [1.165, 1.54) is 5.56 Å². The lowest BCUT2D eigenvalue weighted by atomic mass is 10.1. The van der Waals surface area contributed by atoms with E-state index in [1.807, 2.05) is 24.3 Å². The second-order valence-electron chi connectivity index (χ2n) is 3.83. The van der Waals surface area contributed by atoms with Gasteiger partial charge in [-0.05, 0) is 18.6 Å². The highest BCUT2D eigenvalue weighted by Gasteiger charge is 2.04. The van der Waals surface area contributed by atoms with Crippen molar-refractivity contribution in [2.75, 3.05) is 0 Å². The second kappa shape index (κ2) is 5.22. The number of nitriles is 1. The van der Waals surface area contributed by atoms with Crippen LogP contribution in [0.25, 0.3) is 11.3 Å². The summed E-state index contributed by atoms with van der Waals surface area (Å²) in [4.78, 5) is 8.65. The van der Waals surface area contributed by atoms with Crippen molar-refractivity contribution >= 4 is 0 Å². The molecule has 0 bridgehead atoms. The van der Waals surface area contributed by atoms with Gasteiger partial charge in [0, 0.05) is 24.6 Å². The molecule has 0 amide bonds. The molecule has 0 fully saturated rings. The Balaban J connectivity index is 2.34. The van der Waals surface area contributed by atoms with Crippen LogP contribution in [0.3, 0.4) is 0 Å². The smallest absolute Gasteiger partial charge is 0.129 e. The van der Waals surface area contributed by atoms with Gasteiger partial charge in [0.1, 0.15) is 5.82 Å². The van der Waals surface area contributed by atoms with E-state index in [9.17, 15) is 0 Å². The molecule has 2 rings (SSSR count). The second-order valence-corrected chi connectivity index (χ2v) is 3.83. The summed E-state index contributed by atoms with van der Waals surface area (Å²) in [5, 5.41) is 8.55. The van der Waals surface area contributed by atoms with E-state index in [-0.39, 0.29) is 0 Å². The molecule has 3 nitrogen and oxygen atoms in total. The molecule has 1 heterocycles. The van der Waals surface area contributed by atoms with Crippen LogP contribution in [-0.4, -0.2) is 9.97 Å². The zero-order valence-corrected chi connectivity index (χ0v) is 9.72. The van der Waals surface area contributed by atoms with E-state index in [0.29, 0.717) is 12.8 Å². The van der Waals surface area contributed by atoms with Crippen molar-refractivity contribution in [1.82, 2.24) is 9.97 Å². The lowest BCUT2D eigenvalue weighted by Gasteiger charge is -2.05. The first-order valence-electron chi connectivity index (χ1n) is 5.56. The molecule has 0 saturated carbocycles. The molecule has 0 atom stereocenters. The van der Waals surface area contributed by atoms with Crippen molar-refractivity contribution in [3.8, 4) is 17.3 Å². The minimum atomic E-state index is 0.456. The molecular weight excluding hydrogens is 210 g/mol. The van der Waals surface area contributed by atoms with E-state index in [4.69, 9.17) is 5.26 Å². The maximum atomic E-state index is 8.55. The van der Waals surface area contributed by atoms with E-state index in [2.05, 4.69) is 29.0 Å². The van der Waals surface area contributed by atoms with Gasteiger partial charge in [-0.3, -0.25) is 0 Å². The van der Waals surface area contributed by atoms with Crippen molar-refractivity contribution in [3.05, 3.63) is 47.9 Å². The fraction of sp³-hybridized carbons (Fsp3) is 0.214. The number of aryl methyl sites for hydroxylation is 2. The van der Waals surface area contributed by atoms with Gasteiger partial charge >= 0.3 is 0 Å². The molecular formula is C14H13N3. The van der Waals surface area contributed by atoms with Gasteiger partial charge in [-0.1, -0.05) is 24.3 Å². The van der Waals surface area contributed by atoms with Gasteiger partial charge in [0.05, 0.1) is 11.8 Å². The van der Waals surface area contributed by atoms with Gasteiger partial charge in [0.15, 0.2) is 0 Å². The molecule has 0 unspecified atom stereocenters. The summed E-state index contributed by atoms with van der Waals surface area (Å²) in [6.07, 6.45) is 2.81. The van der Waals surface area contributed by atoms with Gasteiger partial charge in [-0.25, -0.2) is 9.97 Å². The monoisotopic (exact) mass is 223 g/mol. The van der Waals surface area contributed by atoms with Crippen LogP contribution in [0.2, 0.25) is 0 Å². The maximum Gasteiger partial charge on any atom is 0.129 e. The number of hydrogen-bond donors (Lipinski definition) is 0. The molecule has 0 aliphatic rings. The summed E-state index contributed by atoms with van der Waals surface area (Å²) >= 11 is 0. The zero-order valence-electron chi connectivity index (χ0n) is 9.72. The number of nitrogens with zero attached hydrogens (tertiary/aromatic N) is 3. The van der Waals surface area contributed by atoms with Gasteiger partial charge in [-0.15, -0.1) is 0 Å². The third-order valence-corrected chi connectivity index (χ3v) is 2.59. The Morgan fingerprint density at radius 1 is 1.24 bits per heavy atom. The minimum absolute atomic E-state index is 0.456. The van der Waals surface area contributed by atoms with Gasteiger partial charge in [0.2, 0.25) is 0 Å². The van der Waals surface area contributed by atoms with Gasteiger partial charge in [-0.2, -0.15) is 5.26 Å². The topological polar surface area (TPSA) is 49.6 Å². The largest absolute Gasteiger partial charge is 0.241 e. The average Bonchev–Trinajstić information content (AvgIpc) is 2.37. The normalized spacial score (nSPS) is 9.88. The van der Waals surface area contributed by atoms with Crippen LogP contribution in [0.4, 0.5) is 0 Å². The number of benzene rings is 1. The zero-order chi connectivity index (χ0) is 12.1. The van der Waals surface area contributed by atoms with Gasteiger partial charge < -0.3 is 0 Å². The predicted molar refractivity (Wildman–Crippen MR) is 66.1 cm³/mol. The summed E-state index contributed by atoms with van der Waals surface area (Å²) < 4.78 is 0. The predicted octanol–water partition coefficient (Wildman–Crippen LogP) is 2.91. The minimum Gasteiger partial charge on any atom is -0.241 e. The first kappa shape index (κ1) is 11.3. The molecule has 0 aliphatic heterocycles. The van der Waals surface area contributed by atoms with Crippen molar-refractivity contribution < 1.29 is 0 Å². The Bertz CT molecular complexity index is 555. The third kappa shape index (κ3) is 2.67. The van der Waals surface area contributed by atoms with Crippen LogP contribution < -0.4 is 0 Å². The highest BCUT2D eigenvalue weighted by molar-refractivity contribution is 5.62. The molecule has 1 aromatic heterocycles. The van der Waals surface area contributed by atoms with E-state index in [1.54, 1.807) is 6.20 Å². The Labute approximate surface area is 101 Å². The molecule has 84 valence electrons. The highest BCUT2D eigenvalue weighted by Crippen LogP contribution is 2.20. The fourth-order valence-electron chi connectivity index (χ4n) is 1.70. The van der Waals surface area contributed by atoms with Crippen LogP contribution in [0, 0.1) is 18.3 Å². The first-order valence-corrected chi connectivity index (χ1v) is 5.56. The van der Waals surface area contributed by atoms with Crippen molar-refractivity contribution in [3.63, 3.8) is 0 Å². The Morgan fingerprint density at radius 2 is 2.06 bits per heavy atom. The molecule has 1 aromatic carbocycles. The quantitative estimate of drug-likeness (QED) is 0.803. The van der Waals surface area contributed by atoms with Gasteiger partial charge in [0.25, 0.3) is 0 Å². The average molecular weight is 223 g/mol. The van der Waals surface area contributed by atoms with E-state index >= 15 is 0 Å². The molecule has 2 aromatic rings. The molecule has 0 saturated heterocycles. The van der Waals surface area contributed by atoms with Crippen molar-refractivity contribution in [2.24, 2.45) is 0 Å². The molecule has 0 spiro atoms. The highest BCUT2D eigenvalue weighted by atomic mass is 14.9. The standard InChI is InChI=1S/C14H13N3/c1-11-5-2-3-6-12(11)13-8-10-16-14(17-13)7-4-9-15/h2-3,5-6,8,10H,4,7H2,1H3. The lowest BCUT2D eigenvalue weighted by Crippen LogP contribution is -1.96. The summed E-state index contributed by atoms with van der Waals surface area (Å²) in [6.45, 7) is 2.06. The fourth-order valence-corrected chi connectivity index (χ4v) is 1.70. The molecule has 3 heteroatoms. The Morgan fingerprint density at radius 3 is 2.82 bits per heavy atom. The molecule has 17 heavy (non-hydrogen) atoms.